The van der Waals surface area contributed by atoms with Gasteiger partial charge in [0.25, 0.3) is 0 Å². The zero-order valence-electron chi connectivity index (χ0n) is 16.7. The average molecular weight is 456 g/mol. The lowest BCUT2D eigenvalue weighted by Gasteiger charge is -2.31. The summed E-state index contributed by atoms with van der Waals surface area (Å²) in [6.07, 6.45) is 0.586. The number of halogens is 3. The van der Waals surface area contributed by atoms with Crippen LogP contribution in [0.4, 0.5) is 0 Å². The summed E-state index contributed by atoms with van der Waals surface area (Å²) in [5.74, 6) is -0.369. The second-order valence-electron chi connectivity index (χ2n) is 7.13. The van der Waals surface area contributed by atoms with Crippen molar-refractivity contribution in [1.82, 2.24) is 10.2 Å². The van der Waals surface area contributed by atoms with Crippen molar-refractivity contribution in [3.05, 3.63) is 68.7 Å². The molecule has 1 N–H and O–H groups in total. The van der Waals surface area contributed by atoms with Gasteiger partial charge in [0.1, 0.15) is 6.04 Å². The molecule has 0 fully saturated rings. The van der Waals surface area contributed by atoms with E-state index in [0.717, 1.165) is 11.1 Å². The van der Waals surface area contributed by atoms with Gasteiger partial charge in [-0.2, -0.15) is 0 Å². The van der Waals surface area contributed by atoms with Gasteiger partial charge in [-0.3, -0.25) is 9.59 Å². The van der Waals surface area contributed by atoms with Crippen LogP contribution in [0.25, 0.3) is 0 Å². The van der Waals surface area contributed by atoms with Crippen LogP contribution in [0.15, 0.2) is 42.5 Å². The summed E-state index contributed by atoms with van der Waals surface area (Å²) in [6.45, 7) is 5.90. The third-order valence-corrected chi connectivity index (χ3v) is 5.56. The van der Waals surface area contributed by atoms with Crippen molar-refractivity contribution in [3.63, 3.8) is 0 Å². The van der Waals surface area contributed by atoms with E-state index in [0.29, 0.717) is 21.5 Å². The largest absolute Gasteiger partial charge is 0.352 e. The van der Waals surface area contributed by atoms with E-state index < -0.39 is 6.04 Å². The molecule has 0 saturated heterocycles. The Morgan fingerprint density at radius 1 is 1.00 bits per heavy atom. The molecule has 2 aromatic rings. The molecule has 29 heavy (non-hydrogen) atoms. The van der Waals surface area contributed by atoms with Crippen LogP contribution in [-0.4, -0.2) is 28.8 Å². The number of nitrogens with one attached hydrogen (secondary N) is 1. The fourth-order valence-electron chi connectivity index (χ4n) is 3.04. The van der Waals surface area contributed by atoms with E-state index in [1.807, 2.05) is 39.0 Å². The van der Waals surface area contributed by atoms with Crippen LogP contribution < -0.4 is 5.32 Å². The van der Waals surface area contributed by atoms with E-state index in [2.05, 4.69) is 5.32 Å². The van der Waals surface area contributed by atoms with Crippen LogP contribution in [0.5, 0.6) is 0 Å². The molecule has 0 aliphatic rings. The Hall–Kier alpha value is -1.75. The van der Waals surface area contributed by atoms with Crippen LogP contribution in [-0.2, 0) is 22.6 Å². The summed E-state index contributed by atoms with van der Waals surface area (Å²) in [5, 5.41) is 4.28. The molecule has 0 spiro atoms. The Balaban J connectivity index is 2.33. The van der Waals surface area contributed by atoms with E-state index in [1.165, 1.54) is 0 Å². The number of nitrogens with zero attached hydrogens (tertiary/aromatic N) is 1. The van der Waals surface area contributed by atoms with Crippen molar-refractivity contribution < 1.29 is 9.59 Å². The summed E-state index contributed by atoms with van der Waals surface area (Å²) >= 11 is 18.4. The fourth-order valence-corrected chi connectivity index (χ4v) is 3.55. The van der Waals surface area contributed by atoms with Gasteiger partial charge < -0.3 is 10.2 Å². The first-order valence-electron chi connectivity index (χ1n) is 9.50. The van der Waals surface area contributed by atoms with E-state index in [9.17, 15) is 9.59 Å². The van der Waals surface area contributed by atoms with Crippen molar-refractivity contribution in [3.8, 4) is 0 Å². The van der Waals surface area contributed by atoms with Crippen LogP contribution in [0.2, 0.25) is 15.1 Å². The van der Waals surface area contributed by atoms with Gasteiger partial charge >= 0.3 is 0 Å². The number of amides is 2. The molecule has 156 valence electrons. The second kappa shape index (κ2) is 10.9. The summed E-state index contributed by atoms with van der Waals surface area (Å²) < 4.78 is 0. The van der Waals surface area contributed by atoms with E-state index in [1.54, 1.807) is 29.2 Å². The highest BCUT2D eigenvalue weighted by Gasteiger charge is 2.29. The number of carbonyl (C=O) groups excluding carboxylic acids is 2. The monoisotopic (exact) mass is 454 g/mol. The molecule has 0 bridgehead atoms. The highest BCUT2D eigenvalue weighted by Crippen LogP contribution is 2.24. The van der Waals surface area contributed by atoms with E-state index >= 15 is 0 Å². The predicted molar refractivity (Wildman–Crippen MR) is 120 cm³/mol. The zero-order valence-corrected chi connectivity index (χ0v) is 19.0. The standard InChI is InChI=1S/C22H25Cl3N2O2/c1-4-20(22(29)26-14(2)3)27(13-16-7-5-6-8-17(16)23)21(28)12-15-9-10-18(24)19(25)11-15/h5-11,14,20H,4,12-13H2,1-3H3,(H,26,29). The Kier molecular flexibility index (Phi) is 8.81. The number of hydrogen-bond acceptors (Lipinski definition) is 2. The minimum Gasteiger partial charge on any atom is -0.352 e. The molecule has 0 aliphatic heterocycles. The van der Waals surface area contributed by atoms with Crippen molar-refractivity contribution in [2.75, 3.05) is 0 Å². The molecular formula is C22H25Cl3N2O2. The van der Waals surface area contributed by atoms with Crippen LogP contribution in [0.3, 0.4) is 0 Å². The van der Waals surface area contributed by atoms with Gasteiger partial charge in [-0.15, -0.1) is 0 Å². The van der Waals surface area contributed by atoms with E-state index in [-0.39, 0.29) is 30.8 Å². The normalized spacial score (nSPS) is 12.0. The average Bonchev–Trinajstić information content (AvgIpc) is 2.65. The molecule has 1 unspecified atom stereocenters. The van der Waals surface area contributed by atoms with Gasteiger partial charge in [0.05, 0.1) is 16.5 Å². The molecule has 2 aromatic carbocycles. The summed E-state index contributed by atoms with van der Waals surface area (Å²) in [6, 6.07) is 11.8. The molecule has 2 rings (SSSR count). The third-order valence-electron chi connectivity index (χ3n) is 4.45. The molecule has 0 aliphatic carbocycles. The topological polar surface area (TPSA) is 49.4 Å². The van der Waals surface area contributed by atoms with Crippen LogP contribution >= 0.6 is 34.8 Å². The van der Waals surface area contributed by atoms with Gasteiger partial charge in [0, 0.05) is 17.6 Å². The van der Waals surface area contributed by atoms with E-state index in [4.69, 9.17) is 34.8 Å². The molecule has 7 heteroatoms. The first-order valence-corrected chi connectivity index (χ1v) is 10.6. The number of carbonyl (C=O) groups is 2. The first kappa shape index (κ1) is 23.5. The highest BCUT2D eigenvalue weighted by atomic mass is 35.5. The minimum atomic E-state index is -0.607. The number of hydrogen-bond donors (Lipinski definition) is 1. The van der Waals surface area contributed by atoms with Crippen molar-refractivity contribution in [1.29, 1.82) is 0 Å². The maximum Gasteiger partial charge on any atom is 0.243 e. The Labute approximate surface area is 187 Å². The maximum atomic E-state index is 13.2. The Morgan fingerprint density at radius 3 is 2.28 bits per heavy atom. The molecule has 0 saturated carbocycles. The van der Waals surface area contributed by atoms with Crippen molar-refractivity contribution >= 4 is 46.6 Å². The smallest absolute Gasteiger partial charge is 0.243 e. The minimum absolute atomic E-state index is 0.0242. The highest BCUT2D eigenvalue weighted by molar-refractivity contribution is 6.42. The van der Waals surface area contributed by atoms with Gasteiger partial charge in [-0.05, 0) is 49.6 Å². The number of benzene rings is 2. The van der Waals surface area contributed by atoms with Crippen LogP contribution in [0, 0.1) is 0 Å². The second-order valence-corrected chi connectivity index (χ2v) is 8.35. The lowest BCUT2D eigenvalue weighted by Crippen LogP contribution is -2.50. The van der Waals surface area contributed by atoms with Crippen molar-refractivity contribution in [2.24, 2.45) is 0 Å². The molecule has 2 amide bonds. The van der Waals surface area contributed by atoms with Crippen molar-refractivity contribution in [2.45, 2.75) is 52.2 Å². The molecular weight excluding hydrogens is 431 g/mol. The molecule has 4 nitrogen and oxygen atoms in total. The Morgan fingerprint density at radius 2 is 1.69 bits per heavy atom. The van der Waals surface area contributed by atoms with Crippen LogP contribution in [0.1, 0.15) is 38.3 Å². The number of rotatable bonds is 8. The summed E-state index contributed by atoms with van der Waals surface area (Å²) in [7, 11) is 0. The van der Waals surface area contributed by atoms with Gasteiger partial charge in [0.15, 0.2) is 0 Å². The summed E-state index contributed by atoms with van der Waals surface area (Å²) in [4.78, 5) is 27.6. The molecule has 1 atom stereocenters. The fraction of sp³-hybridized carbons (Fsp3) is 0.364. The quantitative estimate of drug-likeness (QED) is 0.569. The lowest BCUT2D eigenvalue weighted by atomic mass is 10.1. The molecule has 0 heterocycles. The zero-order chi connectivity index (χ0) is 21.6. The third kappa shape index (κ3) is 6.63. The molecule has 0 radical (unpaired) electrons. The lowest BCUT2D eigenvalue weighted by molar-refractivity contribution is -0.141. The van der Waals surface area contributed by atoms with Gasteiger partial charge in [0.2, 0.25) is 11.8 Å². The summed E-state index contributed by atoms with van der Waals surface area (Å²) in [5.41, 5.74) is 1.51. The van der Waals surface area contributed by atoms with Gasteiger partial charge in [-0.25, -0.2) is 0 Å². The first-order chi connectivity index (χ1) is 13.7. The molecule has 0 aromatic heterocycles. The maximum absolute atomic E-state index is 13.2. The Bertz CT molecular complexity index is 871. The van der Waals surface area contributed by atoms with Gasteiger partial charge in [-0.1, -0.05) is 66.0 Å². The SMILES string of the molecule is CCC(C(=O)NC(C)C)N(Cc1ccccc1Cl)C(=O)Cc1ccc(Cl)c(Cl)c1. The predicted octanol–water partition coefficient (Wildman–Crippen LogP) is 5.52.